The lowest BCUT2D eigenvalue weighted by molar-refractivity contribution is -0.141. The predicted octanol–water partition coefficient (Wildman–Crippen LogP) is 4.11. The first-order chi connectivity index (χ1) is 13.5. The molecule has 4 rings (SSSR count). The normalized spacial score (nSPS) is 23.9. The largest absolute Gasteiger partial charge is 0.497 e. The Bertz CT molecular complexity index is 736. The molecule has 0 radical (unpaired) electrons. The average Bonchev–Trinajstić information content (AvgIpc) is 3.49. The molecular weight excluding hydrogens is 354 g/mol. The first-order valence-electron chi connectivity index (χ1n) is 10.8. The van der Waals surface area contributed by atoms with E-state index < -0.39 is 12.0 Å². The van der Waals surface area contributed by atoms with E-state index in [0.717, 1.165) is 49.5 Å². The van der Waals surface area contributed by atoms with Crippen molar-refractivity contribution in [1.82, 2.24) is 5.32 Å². The van der Waals surface area contributed by atoms with Gasteiger partial charge in [-0.2, -0.15) is 0 Å². The van der Waals surface area contributed by atoms with E-state index >= 15 is 0 Å². The summed E-state index contributed by atoms with van der Waals surface area (Å²) >= 11 is 0. The third-order valence-electron chi connectivity index (χ3n) is 6.26. The van der Waals surface area contributed by atoms with Crippen LogP contribution in [0.4, 0.5) is 0 Å². The molecule has 0 spiro atoms. The van der Waals surface area contributed by atoms with Gasteiger partial charge in [0.1, 0.15) is 6.04 Å². The summed E-state index contributed by atoms with van der Waals surface area (Å²) in [6, 6.07) is -0.796. The maximum Gasteiger partial charge on any atom is 0.326 e. The average molecular weight is 386 g/mol. The Balaban J connectivity index is 1.47. The third-order valence-corrected chi connectivity index (χ3v) is 6.26. The predicted molar refractivity (Wildman–Crippen MR) is 106 cm³/mol. The molecule has 2 N–H and O–H groups in total. The van der Waals surface area contributed by atoms with Crippen molar-refractivity contribution >= 4 is 11.9 Å². The molecule has 0 heterocycles. The number of hydrogen-bond acceptors (Lipinski definition) is 3. The first-order valence-corrected chi connectivity index (χ1v) is 10.8. The minimum absolute atomic E-state index is 0.265. The molecule has 1 unspecified atom stereocenters. The van der Waals surface area contributed by atoms with Gasteiger partial charge in [-0.15, -0.1) is 0 Å². The van der Waals surface area contributed by atoms with E-state index in [2.05, 4.69) is 5.32 Å². The number of ether oxygens (including phenoxy) is 1. The molecule has 5 heteroatoms. The molecular formula is C23H31NO4. The quantitative estimate of drug-likeness (QED) is 0.626. The fourth-order valence-corrected chi connectivity index (χ4v) is 3.82. The maximum absolute atomic E-state index is 12.9. The topological polar surface area (TPSA) is 75.6 Å². The fraction of sp³-hybridized carbons (Fsp3) is 0.652. The van der Waals surface area contributed by atoms with Crippen molar-refractivity contribution in [2.45, 2.75) is 70.8 Å². The van der Waals surface area contributed by atoms with Crippen LogP contribution in [0, 0.1) is 17.8 Å². The Labute approximate surface area is 166 Å². The first kappa shape index (κ1) is 19.3. The van der Waals surface area contributed by atoms with Crippen LogP contribution >= 0.6 is 0 Å². The molecule has 0 aromatic carbocycles. The van der Waals surface area contributed by atoms with Gasteiger partial charge >= 0.3 is 5.97 Å². The maximum atomic E-state index is 12.9. The number of allylic oxidation sites excluding steroid dienone is 4. The lowest BCUT2D eigenvalue weighted by Gasteiger charge is -2.20. The number of carboxylic acids is 1. The summed E-state index contributed by atoms with van der Waals surface area (Å²) in [5.41, 5.74) is 2.85. The molecule has 0 aromatic rings. The van der Waals surface area contributed by atoms with Crippen LogP contribution in [0.5, 0.6) is 0 Å². The lowest BCUT2D eigenvalue weighted by Crippen LogP contribution is -2.41. The van der Waals surface area contributed by atoms with Crippen LogP contribution in [0.2, 0.25) is 0 Å². The van der Waals surface area contributed by atoms with Crippen molar-refractivity contribution in [3.63, 3.8) is 0 Å². The van der Waals surface area contributed by atoms with Gasteiger partial charge in [-0.05, 0) is 74.9 Å². The molecule has 152 valence electrons. The van der Waals surface area contributed by atoms with Crippen LogP contribution in [0.3, 0.4) is 0 Å². The van der Waals surface area contributed by atoms with Crippen molar-refractivity contribution in [2.24, 2.45) is 17.8 Å². The molecule has 5 nitrogen and oxygen atoms in total. The van der Waals surface area contributed by atoms with Gasteiger partial charge < -0.3 is 15.2 Å². The summed E-state index contributed by atoms with van der Waals surface area (Å²) in [7, 11) is 0. The van der Waals surface area contributed by atoms with Gasteiger partial charge in [-0.25, -0.2) is 4.79 Å². The number of hydrogen-bond donors (Lipinski definition) is 2. The molecule has 28 heavy (non-hydrogen) atoms. The van der Waals surface area contributed by atoms with Gasteiger partial charge in [0.15, 0.2) is 0 Å². The van der Waals surface area contributed by atoms with Gasteiger partial charge in [-0.3, -0.25) is 4.79 Å². The fourth-order valence-electron chi connectivity index (χ4n) is 3.82. The highest BCUT2D eigenvalue weighted by Crippen LogP contribution is 2.42. The van der Waals surface area contributed by atoms with Crippen LogP contribution in [0.25, 0.3) is 0 Å². The minimum atomic E-state index is -0.942. The summed E-state index contributed by atoms with van der Waals surface area (Å²) in [4.78, 5) is 24.4. The zero-order valence-electron chi connectivity index (χ0n) is 16.7. The van der Waals surface area contributed by atoms with Gasteiger partial charge in [0.2, 0.25) is 0 Å². The Morgan fingerprint density at radius 3 is 2.43 bits per heavy atom. The van der Waals surface area contributed by atoms with E-state index in [1.54, 1.807) is 0 Å². The van der Waals surface area contributed by atoms with Gasteiger partial charge in [0.05, 0.1) is 12.4 Å². The zero-order chi connectivity index (χ0) is 19.7. The summed E-state index contributed by atoms with van der Waals surface area (Å²) in [5.74, 6) is 1.61. The van der Waals surface area contributed by atoms with Gasteiger partial charge in [0, 0.05) is 12.0 Å². The number of carbonyl (C=O) groups excluding carboxylic acids is 1. The highest BCUT2D eigenvalue weighted by atomic mass is 16.5. The number of carbonyl (C=O) groups is 2. The van der Waals surface area contributed by atoms with Gasteiger partial charge in [-0.1, -0.05) is 24.5 Å². The molecule has 0 aromatic heterocycles. The van der Waals surface area contributed by atoms with E-state index in [1.807, 2.05) is 19.1 Å². The molecule has 4 aliphatic carbocycles. The van der Waals surface area contributed by atoms with Crippen molar-refractivity contribution in [3.05, 3.63) is 34.6 Å². The Morgan fingerprint density at radius 2 is 1.82 bits per heavy atom. The zero-order valence-corrected chi connectivity index (χ0v) is 16.7. The molecule has 3 fully saturated rings. The molecule has 0 saturated heterocycles. The molecule has 3 saturated carbocycles. The van der Waals surface area contributed by atoms with Crippen molar-refractivity contribution in [2.75, 3.05) is 6.61 Å². The number of amides is 1. The van der Waals surface area contributed by atoms with E-state index in [4.69, 9.17) is 4.74 Å². The van der Waals surface area contributed by atoms with Crippen molar-refractivity contribution in [1.29, 1.82) is 0 Å². The number of carboxylic acid groups (broad SMARTS) is 1. The van der Waals surface area contributed by atoms with Crippen molar-refractivity contribution in [3.8, 4) is 0 Å². The SMILES string of the molecule is CC1=C(C(=O)NC(CC2CC2)C(=O)O)C=CC(C2CC2)=C(OCC2CC2)CC1. The Hall–Kier alpha value is -2.04. The van der Waals surface area contributed by atoms with Crippen LogP contribution in [0.1, 0.15) is 64.7 Å². The van der Waals surface area contributed by atoms with E-state index in [1.165, 1.54) is 31.3 Å². The lowest BCUT2D eigenvalue weighted by atomic mass is 9.95. The molecule has 1 atom stereocenters. The van der Waals surface area contributed by atoms with E-state index in [-0.39, 0.29) is 5.91 Å². The number of nitrogens with one attached hydrogen (secondary N) is 1. The monoisotopic (exact) mass is 385 g/mol. The smallest absolute Gasteiger partial charge is 0.326 e. The highest BCUT2D eigenvalue weighted by Gasteiger charge is 2.32. The Morgan fingerprint density at radius 1 is 1.11 bits per heavy atom. The molecule has 1 amide bonds. The third kappa shape index (κ3) is 5.06. The molecule has 4 aliphatic rings. The molecule has 0 aliphatic heterocycles. The van der Waals surface area contributed by atoms with E-state index in [0.29, 0.717) is 23.8 Å². The second kappa shape index (κ2) is 8.14. The van der Waals surface area contributed by atoms with Crippen LogP contribution in [0.15, 0.2) is 34.6 Å². The number of aliphatic carboxylic acids is 1. The second-order valence-corrected chi connectivity index (χ2v) is 8.98. The van der Waals surface area contributed by atoms with Crippen LogP contribution < -0.4 is 5.32 Å². The summed E-state index contributed by atoms with van der Waals surface area (Å²) in [6.07, 6.45) is 13.1. The second-order valence-electron chi connectivity index (χ2n) is 8.98. The Kier molecular flexibility index (Phi) is 5.61. The highest BCUT2D eigenvalue weighted by molar-refractivity contribution is 5.99. The van der Waals surface area contributed by atoms with E-state index in [9.17, 15) is 14.7 Å². The minimum Gasteiger partial charge on any atom is -0.497 e. The summed E-state index contributed by atoms with van der Waals surface area (Å²) in [5, 5.41) is 12.2. The van der Waals surface area contributed by atoms with Crippen LogP contribution in [-0.4, -0.2) is 29.6 Å². The molecule has 0 bridgehead atoms. The van der Waals surface area contributed by atoms with Gasteiger partial charge in [0.25, 0.3) is 5.91 Å². The van der Waals surface area contributed by atoms with Crippen molar-refractivity contribution < 1.29 is 19.4 Å². The summed E-state index contributed by atoms with van der Waals surface area (Å²) in [6.45, 7) is 2.79. The number of rotatable bonds is 9. The van der Waals surface area contributed by atoms with Crippen LogP contribution in [-0.2, 0) is 14.3 Å². The summed E-state index contributed by atoms with van der Waals surface area (Å²) < 4.78 is 6.17. The standard InChI is InChI=1S/C23H31NO4/c1-14-2-11-21(28-13-16-5-6-16)19(17-7-8-17)10-9-18(14)22(25)24-20(23(26)27)12-15-3-4-15/h9-10,15-17,20H,2-8,11-13H2,1H3,(H,24,25)(H,26,27).